The Morgan fingerprint density at radius 3 is 2.75 bits per heavy atom. The minimum atomic E-state index is 0.702. The van der Waals surface area contributed by atoms with E-state index in [9.17, 15) is 0 Å². The molecule has 24 heavy (non-hydrogen) atoms. The zero-order valence-corrected chi connectivity index (χ0v) is 15.0. The van der Waals surface area contributed by atoms with Crippen molar-refractivity contribution in [3.8, 4) is 0 Å². The minimum Gasteiger partial charge on any atom is -0.354 e. The number of aromatic nitrogens is 3. The van der Waals surface area contributed by atoms with Gasteiger partial charge in [-0.25, -0.2) is 15.0 Å². The first-order chi connectivity index (χ1) is 11.7. The van der Waals surface area contributed by atoms with Gasteiger partial charge in [0, 0.05) is 42.0 Å². The van der Waals surface area contributed by atoms with Crippen LogP contribution in [0.5, 0.6) is 0 Å². The monoisotopic (exact) mass is 359 g/mol. The third-order valence-electron chi connectivity index (χ3n) is 4.25. The van der Waals surface area contributed by atoms with Crippen LogP contribution in [0.2, 0.25) is 5.02 Å². The van der Waals surface area contributed by atoms with Gasteiger partial charge in [-0.3, -0.25) is 0 Å². The molecular weight excluding hydrogens is 342 g/mol. The summed E-state index contributed by atoms with van der Waals surface area (Å²) in [4.78, 5) is 18.2. The molecule has 1 fully saturated rings. The molecule has 124 valence electrons. The highest BCUT2D eigenvalue weighted by molar-refractivity contribution is 7.13. The van der Waals surface area contributed by atoms with E-state index in [0.717, 1.165) is 60.1 Å². The predicted octanol–water partition coefficient (Wildman–Crippen LogP) is 3.76. The Labute approximate surface area is 149 Å². The van der Waals surface area contributed by atoms with Crippen LogP contribution in [0.4, 0.5) is 10.9 Å². The summed E-state index contributed by atoms with van der Waals surface area (Å²) in [6, 6.07) is 5.81. The SMILES string of the molecule is Cc1csc(N2CCCN(c3ncnc4cc(Cl)ccc34)CC2)n1. The average molecular weight is 360 g/mol. The highest BCUT2D eigenvalue weighted by Gasteiger charge is 2.19. The van der Waals surface area contributed by atoms with Crippen LogP contribution in [0.1, 0.15) is 12.1 Å². The first-order valence-electron chi connectivity index (χ1n) is 8.03. The molecule has 7 heteroatoms. The summed E-state index contributed by atoms with van der Waals surface area (Å²) in [6.45, 7) is 5.93. The lowest BCUT2D eigenvalue weighted by Crippen LogP contribution is -2.31. The van der Waals surface area contributed by atoms with Crippen LogP contribution < -0.4 is 9.80 Å². The van der Waals surface area contributed by atoms with Gasteiger partial charge in [-0.2, -0.15) is 0 Å². The maximum atomic E-state index is 6.09. The van der Waals surface area contributed by atoms with Crippen molar-refractivity contribution in [2.24, 2.45) is 0 Å². The van der Waals surface area contributed by atoms with E-state index in [0.29, 0.717) is 5.02 Å². The number of rotatable bonds is 2. The van der Waals surface area contributed by atoms with Crippen LogP contribution in [-0.2, 0) is 0 Å². The number of hydrogen-bond donors (Lipinski definition) is 0. The van der Waals surface area contributed by atoms with Gasteiger partial charge in [0.2, 0.25) is 0 Å². The molecule has 3 heterocycles. The van der Waals surface area contributed by atoms with Crippen LogP contribution in [0.25, 0.3) is 10.9 Å². The van der Waals surface area contributed by atoms with E-state index in [1.54, 1.807) is 17.7 Å². The Morgan fingerprint density at radius 1 is 1.08 bits per heavy atom. The number of fused-ring (bicyclic) bond motifs is 1. The molecule has 2 aromatic heterocycles. The summed E-state index contributed by atoms with van der Waals surface area (Å²) < 4.78 is 0. The number of thiazole rings is 1. The highest BCUT2D eigenvalue weighted by Crippen LogP contribution is 2.27. The number of aryl methyl sites for hydroxylation is 1. The third-order valence-corrected chi connectivity index (χ3v) is 5.50. The largest absolute Gasteiger partial charge is 0.354 e. The molecule has 0 radical (unpaired) electrons. The number of benzene rings is 1. The highest BCUT2D eigenvalue weighted by atomic mass is 35.5. The lowest BCUT2D eigenvalue weighted by Gasteiger charge is -2.23. The van der Waals surface area contributed by atoms with Gasteiger partial charge in [0.1, 0.15) is 12.1 Å². The van der Waals surface area contributed by atoms with E-state index in [2.05, 4.69) is 30.1 Å². The van der Waals surface area contributed by atoms with Gasteiger partial charge in [0.25, 0.3) is 0 Å². The van der Waals surface area contributed by atoms with E-state index in [1.165, 1.54) is 0 Å². The Kier molecular flexibility index (Phi) is 4.24. The Balaban J connectivity index is 1.59. The Morgan fingerprint density at radius 2 is 1.92 bits per heavy atom. The molecular formula is C17H18ClN5S. The van der Waals surface area contributed by atoms with E-state index in [1.807, 2.05) is 25.1 Å². The van der Waals surface area contributed by atoms with Crippen LogP contribution in [0, 0.1) is 6.92 Å². The molecule has 0 spiro atoms. The second kappa shape index (κ2) is 6.53. The second-order valence-corrected chi connectivity index (χ2v) is 7.23. The fraction of sp³-hybridized carbons (Fsp3) is 0.353. The molecule has 0 atom stereocenters. The molecule has 0 N–H and O–H groups in total. The summed E-state index contributed by atoms with van der Waals surface area (Å²) in [6.07, 6.45) is 2.71. The van der Waals surface area contributed by atoms with Crippen molar-refractivity contribution in [3.05, 3.63) is 40.6 Å². The molecule has 3 aromatic rings. The molecule has 1 aromatic carbocycles. The minimum absolute atomic E-state index is 0.702. The van der Waals surface area contributed by atoms with Crippen molar-refractivity contribution in [1.82, 2.24) is 15.0 Å². The number of hydrogen-bond acceptors (Lipinski definition) is 6. The van der Waals surface area contributed by atoms with Crippen molar-refractivity contribution in [2.45, 2.75) is 13.3 Å². The van der Waals surface area contributed by atoms with Crippen LogP contribution >= 0.6 is 22.9 Å². The number of anilines is 2. The van der Waals surface area contributed by atoms with Crippen molar-refractivity contribution in [1.29, 1.82) is 0 Å². The molecule has 0 saturated carbocycles. The predicted molar refractivity (Wildman–Crippen MR) is 100 cm³/mol. The quantitative estimate of drug-likeness (QED) is 0.697. The van der Waals surface area contributed by atoms with Crippen molar-refractivity contribution in [2.75, 3.05) is 36.0 Å². The van der Waals surface area contributed by atoms with Crippen molar-refractivity contribution < 1.29 is 0 Å². The van der Waals surface area contributed by atoms with E-state index >= 15 is 0 Å². The summed E-state index contributed by atoms with van der Waals surface area (Å²) in [5.41, 5.74) is 1.99. The Hall–Kier alpha value is -1.92. The van der Waals surface area contributed by atoms with Gasteiger partial charge in [-0.1, -0.05) is 11.6 Å². The van der Waals surface area contributed by atoms with Gasteiger partial charge in [-0.05, 0) is 31.5 Å². The molecule has 0 aliphatic carbocycles. The van der Waals surface area contributed by atoms with Gasteiger partial charge >= 0.3 is 0 Å². The van der Waals surface area contributed by atoms with Crippen LogP contribution in [-0.4, -0.2) is 41.1 Å². The zero-order valence-electron chi connectivity index (χ0n) is 13.4. The van der Waals surface area contributed by atoms with Crippen molar-refractivity contribution >= 4 is 44.8 Å². The van der Waals surface area contributed by atoms with Crippen LogP contribution in [0.3, 0.4) is 0 Å². The second-order valence-electron chi connectivity index (χ2n) is 5.96. The van der Waals surface area contributed by atoms with Gasteiger partial charge in [0.05, 0.1) is 11.2 Å². The fourth-order valence-electron chi connectivity index (χ4n) is 3.08. The summed E-state index contributed by atoms with van der Waals surface area (Å²) in [5.74, 6) is 0.994. The lowest BCUT2D eigenvalue weighted by molar-refractivity contribution is 0.798. The molecule has 0 unspecified atom stereocenters. The molecule has 5 nitrogen and oxygen atoms in total. The number of halogens is 1. The summed E-state index contributed by atoms with van der Waals surface area (Å²) in [7, 11) is 0. The van der Waals surface area contributed by atoms with Gasteiger partial charge in [0.15, 0.2) is 5.13 Å². The smallest absolute Gasteiger partial charge is 0.185 e. The van der Waals surface area contributed by atoms with E-state index in [-0.39, 0.29) is 0 Å². The van der Waals surface area contributed by atoms with Gasteiger partial charge in [-0.15, -0.1) is 11.3 Å². The van der Waals surface area contributed by atoms with E-state index in [4.69, 9.17) is 11.6 Å². The van der Waals surface area contributed by atoms with Crippen molar-refractivity contribution in [3.63, 3.8) is 0 Å². The lowest BCUT2D eigenvalue weighted by atomic mass is 10.2. The Bertz CT molecular complexity index is 865. The molecule has 4 rings (SSSR count). The topological polar surface area (TPSA) is 45.2 Å². The summed E-state index contributed by atoms with van der Waals surface area (Å²) >= 11 is 7.81. The standard InChI is InChI=1S/C17H18ClN5S/c1-12-10-24-17(21-12)23-6-2-5-22(7-8-23)16-14-4-3-13(18)9-15(14)19-11-20-16/h3-4,9-11H,2,5-8H2,1H3. The fourth-order valence-corrected chi connectivity index (χ4v) is 4.10. The molecule has 0 amide bonds. The molecule has 0 bridgehead atoms. The van der Waals surface area contributed by atoms with Crippen LogP contribution in [0.15, 0.2) is 29.9 Å². The zero-order chi connectivity index (χ0) is 16.5. The maximum Gasteiger partial charge on any atom is 0.185 e. The first-order valence-corrected chi connectivity index (χ1v) is 9.29. The maximum absolute atomic E-state index is 6.09. The normalized spacial score (nSPS) is 15.8. The average Bonchev–Trinajstić information content (AvgIpc) is 2.87. The third kappa shape index (κ3) is 3.03. The first kappa shape index (κ1) is 15.6. The summed E-state index contributed by atoms with van der Waals surface area (Å²) in [5, 5.41) is 4.99. The van der Waals surface area contributed by atoms with Gasteiger partial charge < -0.3 is 9.80 Å². The number of nitrogens with zero attached hydrogens (tertiary/aromatic N) is 5. The molecule has 1 aliphatic heterocycles. The molecule has 1 saturated heterocycles. The van der Waals surface area contributed by atoms with E-state index < -0.39 is 0 Å². The molecule has 1 aliphatic rings.